The van der Waals surface area contributed by atoms with E-state index < -0.39 is 70.5 Å². The number of ether oxygens (including phenoxy) is 6. The monoisotopic (exact) mass is 590 g/mol. The third-order valence-corrected chi connectivity index (χ3v) is 9.95. The lowest BCUT2D eigenvalue weighted by molar-refractivity contribution is -0.259. The Bertz CT molecular complexity index is 1200. The van der Waals surface area contributed by atoms with Gasteiger partial charge in [-0.3, -0.25) is 14.4 Å². The molecule has 1 spiro atoms. The molecule has 1 saturated heterocycles. The lowest BCUT2D eigenvalue weighted by atomic mass is 9.42. The van der Waals surface area contributed by atoms with Crippen LogP contribution in [0.3, 0.4) is 0 Å². The summed E-state index contributed by atoms with van der Waals surface area (Å²) in [4.78, 5) is 62.2. The molecule has 4 aliphatic rings. The summed E-state index contributed by atoms with van der Waals surface area (Å²) < 4.78 is 35.1. The Balaban J connectivity index is 1.88. The third-order valence-electron chi connectivity index (χ3n) is 9.95. The van der Waals surface area contributed by atoms with E-state index in [1.165, 1.54) is 26.8 Å². The third kappa shape index (κ3) is 5.72. The summed E-state index contributed by atoms with van der Waals surface area (Å²) in [6.07, 6.45) is 2.46. The highest BCUT2D eigenvalue weighted by atomic mass is 16.6. The summed E-state index contributed by atoms with van der Waals surface area (Å²) in [6, 6.07) is 0. The van der Waals surface area contributed by atoms with Crippen molar-refractivity contribution in [3.05, 3.63) is 23.3 Å². The van der Waals surface area contributed by atoms with Crippen LogP contribution in [0.4, 0.5) is 0 Å². The van der Waals surface area contributed by atoms with E-state index in [2.05, 4.69) is 0 Å². The lowest BCUT2D eigenvalue weighted by Crippen LogP contribution is -2.71. The van der Waals surface area contributed by atoms with Crippen molar-refractivity contribution < 1.29 is 52.4 Å². The molecule has 232 valence electrons. The van der Waals surface area contributed by atoms with Crippen molar-refractivity contribution in [3.63, 3.8) is 0 Å². The molecular weight excluding hydrogens is 548 g/mol. The van der Waals surface area contributed by atoms with Crippen molar-refractivity contribution in [1.29, 1.82) is 0 Å². The number of hydrogen-bond donors (Lipinski definition) is 0. The first-order chi connectivity index (χ1) is 19.7. The first-order valence-electron chi connectivity index (χ1n) is 14.5. The van der Waals surface area contributed by atoms with Gasteiger partial charge in [0.2, 0.25) is 0 Å². The minimum Gasteiger partial charge on any atom is -0.465 e. The van der Waals surface area contributed by atoms with Crippen molar-refractivity contribution in [2.24, 2.45) is 22.7 Å². The number of hydrogen-bond acceptors (Lipinski definition) is 11. The first-order valence-corrected chi connectivity index (χ1v) is 14.5. The summed E-state index contributed by atoms with van der Waals surface area (Å²) in [7, 11) is 0. The largest absolute Gasteiger partial charge is 0.465 e. The van der Waals surface area contributed by atoms with Gasteiger partial charge in [0.1, 0.15) is 37.1 Å². The quantitative estimate of drug-likeness (QED) is 0.169. The molecule has 2 heterocycles. The van der Waals surface area contributed by atoms with Crippen molar-refractivity contribution in [2.75, 3.05) is 19.8 Å². The van der Waals surface area contributed by atoms with E-state index in [4.69, 9.17) is 28.4 Å². The van der Waals surface area contributed by atoms with Crippen LogP contribution in [0.25, 0.3) is 0 Å². The predicted octanol–water partition coefficient (Wildman–Crippen LogP) is 3.38. The van der Waals surface area contributed by atoms with Crippen LogP contribution in [0.2, 0.25) is 0 Å². The molecule has 2 saturated carbocycles. The van der Waals surface area contributed by atoms with Gasteiger partial charge in [0.15, 0.2) is 0 Å². The zero-order chi connectivity index (χ0) is 31.0. The Hall–Kier alpha value is -3.21. The molecule has 11 heteroatoms. The van der Waals surface area contributed by atoms with Gasteiger partial charge >= 0.3 is 29.8 Å². The first kappa shape index (κ1) is 31.7. The topological polar surface area (TPSA) is 144 Å². The van der Waals surface area contributed by atoms with Gasteiger partial charge in [-0.1, -0.05) is 19.9 Å². The summed E-state index contributed by atoms with van der Waals surface area (Å²) in [6.45, 7) is 11.7. The second-order valence-corrected chi connectivity index (χ2v) is 12.4. The van der Waals surface area contributed by atoms with Gasteiger partial charge in [0.25, 0.3) is 0 Å². The van der Waals surface area contributed by atoms with Gasteiger partial charge in [-0.15, -0.1) is 0 Å². The standard InChI is InChI=1S/C31H42O11/c1-8-17(2)28(36)42-24(22-12-26(35)37-14-22)13-29(7)18(3)11-25(41-21(6)34)31(16-38-19(4)32)27(29)23(40-20(5)33)9-10-30(31)15-39-30/h8,12,18,23-25,27H,9-11,13-16H2,1-7H3/b17-8+/t18-,23-,24+,25+,27?,29+,30+,31-/m1/s1. The molecule has 8 atom stereocenters. The highest BCUT2D eigenvalue weighted by Crippen LogP contribution is 2.69. The molecule has 0 bridgehead atoms. The molecule has 0 radical (unpaired) electrons. The molecule has 2 aliphatic heterocycles. The molecule has 0 N–H and O–H groups in total. The summed E-state index contributed by atoms with van der Waals surface area (Å²) >= 11 is 0. The molecule has 3 fully saturated rings. The summed E-state index contributed by atoms with van der Waals surface area (Å²) in [5.74, 6) is -3.20. The number of epoxide rings is 1. The van der Waals surface area contributed by atoms with Crippen LogP contribution in [-0.4, -0.2) is 73.6 Å². The number of fused-ring (bicyclic) bond motifs is 2. The number of esters is 5. The Morgan fingerprint density at radius 1 is 1.10 bits per heavy atom. The highest BCUT2D eigenvalue weighted by Gasteiger charge is 2.77. The van der Waals surface area contributed by atoms with Gasteiger partial charge in [-0.2, -0.15) is 0 Å². The molecule has 0 aromatic heterocycles. The molecule has 11 nitrogen and oxygen atoms in total. The summed E-state index contributed by atoms with van der Waals surface area (Å²) in [5, 5.41) is 0. The van der Waals surface area contributed by atoms with E-state index in [9.17, 15) is 24.0 Å². The zero-order valence-corrected chi connectivity index (χ0v) is 25.5. The number of rotatable bonds is 9. The molecular formula is C31H42O11. The lowest BCUT2D eigenvalue weighted by Gasteiger charge is -2.64. The number of allylic oxidation sites excluding steroid dienone is 1. The maximum Gasteiger partial charge on any atom is 0.333 e. The average molecular weight is 591 g/mol. The maximum atomic E-state index is 13.0. The Morgan fingerprint density at radius 2 is 1.76 bits per heavy atom. The molecule has 0 aromatic rings. The van der Waals surface area contributed by atoms with Crippen molar-refractivity contribution in [2.45, 2.75) is 98.1 Å². The SMILES string of the molecule is C/C=C(\C)C(=O)O[C@@H](C[C@]1(C)C2[C@H](OC(C)=O)CC[C@]3(CO3)[C@]2(COC(C)=O)[C@@H](OC(C)=O)C[C@H]1C)C1=CC(=O)OC1. The minimum atomic E-state index is -1.06. The fraction of sp³-hybridized carbons (Fsp3) is 0.710. The van der Waals surface area contributed by atoms with Crippen LogP contribution in [0.5, 0.6) is 0 Å². The molecule has 2 aliphatic carbocycles. The van der Waals surface area contributed by atoms with Gasteiger partial charge in [0, 0.05) is 43.9 Å². The van der Waals surface area contributed by atoms with Crippen LogP contribution < -0.4 is 0 Å². The second kappa shape index (κ2) is 11.8. The number of carbonyl (C=O) groups is 5. The van der Waals surface area contributed by atoms with Gasteiger partial charge in [0.05, 0.1) is 12.0 Å². The fourth-order valence-corrected chi connectivity index (χ4v) is 7.62. The Kier molecular flexibility index (Phi) is 8.92. The minimum absolute atomic E-state index is 0.0180. The predicted molar refractivity (Wildman–Crippen MR) is 146 cm³/mol. The second-order valence-electron chi connectivity index (χ2n) is 12.4. The fourth-order valence-electron chi connectivity index (χ4n) is 7.62. The van der Waals surface area contributed by atoms with E-state index in [-0.39, 0.29) is 25.6 Å². The van der Waals surface area contributed by atoms with E-state index in [1.54, 1.807) is 19.9 Å². The smallest absolute Gasteiger partial charge is 0.333 e. The summed E-state index contributed by atoms with van der Waals surface area (Å²) in [5.41, 5.74) is -1.65. The normalized spacial score (nSPS) is 36.2. The molecule has 1 unspecified atom stereocenters. The van der Waals surface area contributed by atoms with Crippen molar-refractivity contribution in [1.82, 2.24) is 0 Å². The number of carbonyl (C=O) groups excluding carboxylic acids is 5. The van der Waals surface area contributed by atoms with Gasteiger partial charge < -0.3 is 28.4 Å². The van der Waals surface area contributed by atoms with Crippen molar-refractivity contribution >= 4 is 29.8 Å². The van der Waals surface area contributed by atoms with Crippen LogP contribution in [-0.2, 0) is 52.4 Å². The molecule has 42 heavy (non-hydrogen) atoms. The molecule has 0 amide bonds. The van der Waals surface area contributed by atoms with Crippen LogP contribution in [0.15, 0.2) is 23.3 Å². The van der Waals surface area contributed by atoms with Gasteiger partial charge in [-0.05, 0) is 50.9 Å². The molecule has 4 rings (SSSR count). The maximum absolute atomic E-state index is 13.0. The zero-order valence-electron chi connectivity index (χ0n) is 25.5. The van der Waals surface area contributed by atoms with Crippen molar-refractivity contribution in [3.8, 4) is 0 Å². The highest BCUT2D eigenvalue weighted by molar-refractivity contribution is 5.88. The van der Waals surface area contributed by atoms with E-state index in [0.29, 0.717) is 37.0 Å². The molecule has 0 aromatic carbocycles. The van der Waals surface area contributed by atoms with E-state index >= 15 is 0 Å². The average Bonchev–Trinajstić information content (AvgIpc) is 3.56. The van der Waals surface area contributed by atoms with Crippen LogP contribution >= 0.6 is 0 Å². The van der Waals surface area contributed by atoms with E-state index in [0.717, 1.165) is 0 Å². The Morgan fingerprint density at radius 3 is 2.29 bits per heavy atom. The Labute approximate surface area is 246 Å². The number of cyclic esters (lactones) is 1. The van der Waals surface area contributed by atoms with Gasteiger partial charge in [-0.25, -0.2) is 9.59 Å². The van der Waals surface area contributed by atoms with Crippen LogP contribution in [0, 0.1) is 22.7 Å². The van der Waals surface area contributed by atoms with Crippen LogP contribution in [0.1, 0.15) is 74.1 Å². The van der Waals surface area contributed by atoms with E-state index in [1.807, 2.05) is 13.8 Å².